The van der Waals surface area contributed by atoms with E-state index in [1.807, 2.05) is 29.2 Å². The van der Waals surface area contributed by atoms with Crippen molar-refractivity contribution in [2.45, 2.75) is 19.4 Å². The van der Waals surface area contributed by atoms with Crippen LogP contribution in [0.2, 0.25) is 0 Å². The van der Waals surface area contributed by atoms with Crippen LogP contribution in [0.25, 0.3) is 0 Å². The smallest absolute Gasteiger partial charge is 0.223 e. The lowest BCUT2D eigenvalue weighted by Crippen LogP contribution is -2.40. The molecule has 1 aliphatic rings. The van der Waals surface area contributed by atoms with E-state index in [9.17, 15) is 9.18 Å². The number of amides is 1. The van der Waals surface area contributed by atoms with E-state index in [0.717, 1.165) is 25.1 Å². The molecule has 6 heteroatoms. The zero-order chi connectivity index (χ0) is 19.8. The molecule has 5 nitrogen and oxygen atoms in total. The molecule has 1 unspecified atom stereocenters. The Balaban J connectivity index is 1.41. The Morgan fingerprint density at radius 3 is 2.68 bits per heavy atom. The minimum atomic E-state index is -0.248. The van der Waals surface area contributed by atoms with Gasteiger partial charge in [-0.1, -0.05) is 42.5 Å². The highest BCUT2D eigenvalue weighted by Crippen LogP contribution is 2.17. The normalized spacial score (nSPS) is 17.1. The van der Waals surface area contributed by atoms with E-state index in [1.165, 1.54) is 17.7 Å². The molecular formula is C22H27FN4O. The van der Waals surface area contributed by atoms with Gasteiger partial charge in [-0.15, -0.1) is 0 Å². The molecule has 0 aliphatic carbocycles. The number of rotatable bonds is 7. The summed E-state index contributed by atoms with van der Waals surface area (Å²) in [4.78, 5) is 18.4. The van der Waals surface area contributed by atoms with E-state index in [2.05, 4.69) is 27.8 Å². The maximum Gasteiger partial charge on any atom is 0.223 e. The van der Waals surface area contributed by atoms with Crippen molar-refractivity contribution in [3.63, 3.8) is 0 Å². The average molecular weight is 382 g/mol. The van der Waals surface area contributed by atoms with E-state index in [1.54, 1.807) is 13.1 Å². The number of hydrogen-bond donors (Lipinski definition) is 2. The maximum absolute atomic E-state index is 13.3. The Morgan fingerprint density at radius 2 is 1.93 bits per heavy atom. The van der Waals surface area contributed by atoms with Crippen molar-refractivity contribution in [2.75, 3.05) is 26.7 Å². The van der Waals surface area contributed by atoms with Gasteiger partial charge >= 0.3 is 0 Å². The number of halogens is 1. The van der Waals surface area contributed by atoms with Gasteiger partial charge in [-0.2, -0.15) is 0 Å². The predicted octanol–water partition coefficient (Wildman–Crippen LogP) is 2.58. The van der Waals surface area contributed by atoms with Gasteiger partial charge in [0.1, 0.15) is 5.82 Å². The first-order valence-electron chi connectivity index (χ1n) is 9.64. The summed E-state index contributed by atoms with van der Waals surface area (Å²) in [5.41, 5.74) is 2.10. The molecule has 1 saturated heterocycles. The lowest BCUT2D eigenvalue weighted by Gasteiger charge is -2.18. The Morgan fingerprint density at radius 1 is 1.14 bits per heavy atom. The van der Waals surface area contributed by atoms with E-state index in [-0.39, 0.29) is 17.6 Å². The highest BCUT2D eigenvalue weighted by molar-refractivity contribution is 5.80. The van der Waals surface area contributed by atoms with Crippen LogP contribution >= 0.6 is 0 Å². The SMILES string of the molecule is CN=C(NCc1cccc(F)c1)NCC1CC(=O)N(CCc2ccccc2)C1. The molecule has 0 spiro atoms. The molecule has 1 fully saturated rings. The largest absolute Gasteiger partial charge is 0.356 e. The molecule has 0 radical (unpaired) electrons. The van der Waals surface area contributed by atoms with Crippen molar-refractivity contribution >= 4 is 11.9 Å². The molecule has 0 saturated carbocycles. The second kappa shape index (κ2) is 9.88. The number of hydrogen-bond acceptors (Lipinski definition) is 2. The second-order valence-electron chi connectivity index (χ2n) is 7.08. The number of nitrogens with one attached hydrogen (secondary N) is 2. The number of benzene rings is 2. The summed E-state index contributed by atoms with van der Waals surface area (Å²) in [6.07, 6.45) is 1.44. The van der Waals surface area contributed by atoms with Crippen molar-refractivity contribution in [1.82, 2.24) is 15.5 Å². The zero-order valence-corrected chi connectivity index (χ0v) is 16.2. The fourth-order valence-corrected chi connectivity index (χ4v) is 3.41. The second-order valence-corrected chi connectivity index (χ2v) is 7.08. The number of carbonyl (C=O) groups excluding carboxylic acids is 1. The van der Waals surface area contributed by atoms with Crippen LogP contribution in [-0.4, -0.2) is 43.4 Å². The Kier molecular flexibility index (Phi) is 7.00. The van der Waals surface area contributed by atoms with Crippen molar-refractivity contribution in [1.29, 1.82) is 0 Å². The number of nitrogens with zero attached hydrogens (tertiary/aromatic N) is 2. The number of aliphatic imine (C=N–C) groups is 1. The van der Waals surface area contributed by atoms with Crippen molar-refractivity contribution in [3.05, 3.63) is 71.5 Å². The van der Waals surface area contributed by atoms with Crippen molar-refractivity contribution in [3.8, 4) is 0 Å². The van der Waals surface area contributed by atoms with E-state index >= 15 is 0 Å². The van der Waals surface area contributed by atoms with E-state index < -0.39 is 0 Å². The van der Waals surface area contributed by atoms with E-state index in [4.69, 9.17) is 0 Å². The lowest BCUT2D eigenvalue weighted by atomic mass is 10.1. The minimum absolute atomic E-state index is 0.213. The molecule has 0 aromatic heterocycles. The summed E-state index contributed by atoms with van der Waals surface area (Å²) in [5.74, 6) is 0.878. The van der Waals surface area contributed by atoms with Crippen LogP contribution in [0.5, 0.6) is 0 Å². The van der Waals surface area contributed by atoms with Crippen LogP contribution in [-0.2, 0) is 17.8 Å². The van der Waals surface area contributed by atoms with Gasteiger partial charge in [-0.3, -0.25) is 9.79 Å². The first-order valence-corrected chi connectivity index (χ1v) is 9.64. The summed E-state index contributed by atoms with van der Waals surface area (Å²) in [5, 5.41) is 6.46. The standard InChI is InChI=1S/C22H27FN4O/c1-24-22(25-14-18-8-5-9-20(23)12-18)26-15-19-13-21(28)27(16-19)11-10-17-6-3-2-4-7-17/h2-9,12,19H,10-11,13-16H2,1H3,(H2,24,25,26). The molecular weight excluding hydrogens is 355 g/mol. The summed E-state index contributed by atoms with van der Waals surface area (Å²) < 4.78 is 13.3. The van der Waals surface area contributed by atoms with Crippen LogP contribution in [0.4, 0.5) is 4.39 Å². The van der Waals surface area contributed by atoms with Gasteiger partial charge in [0, 0.05) is 45.6 Å². The third-order valence-electron chi connectivity index (χ3n) is 4.94. The topological polar surface area (TPSA) is 56.7 Å². The third-order valence-corrected chi connectivity index (χ3v) is 4.94. The number of carbonyl (C=O) groups is 1. The fourth-order valence-electron chi connectivity index (χ4n) is 3.41. The highest BCUT2D eigenvalue weighted by Gasteiger charge is 2.29. The van der Waals surface area contributed by atoms with Crippen molar-refractivity contribution in [2.24, 2.45) is 10.9 Å². The summed E-state index contributed by atoms with van der Waals surface area (Å²) in [7, 11) is 1.70. The first kappa shape index (κ1) is 19.9. The molecule has 28 heavy (non-hydrogen) atoms. The van der Waals surface area contributed by atoms with E-state index in [0.29, 0.717) is 25.5 Å². The molecule has 1 atom stereocenters. The molecule has 2 N–H and O–H groups in total. The molecule has 3 rings (SSSR count). The summed E-state index contributed by atoms with van der Waals surface area (Å²) in [6, 6.07) is 16.7. The highest BCUT2D eigenvalue weighted by atomic mass is 19.1. The van der Waals surface area contributed by atoms with Crippen LogP contribution in [0.15, 0.2) is 59.6 Å². The molecule has 1 aliphatic heterocycles. The summed E-state index contributed by atoms with van der Waals surface area (Å²) >= 11 is 0. The quantitative estimate of drug-likeness (QED) is 0.572. The van der Waals surface area contributed by atoms with Crippen LogP contribution in [0, 0.1) is 11.7 Å². The first-order chi connectivity index (χ1) is 13.6. The Labute approximate surface area is 165 Å². The zero-order valence-electron chi connectivity index (χ0n) is 16.2. The predicted molar refractivity (Wildman–Crippen MR) is 109 cm³/mol. The van der Waals surface area contributed by atoms with Gasteiger partial charge < -0.3 is 15.5 Å². The fraction of sp³-hybridized carbons (Fsp3) is 0.364. The lowest BCUT2D eigenvalue weighted by molar-refractivity contribution is -0.127. The molecule has 0 bridgehead atoms. The van der Waals surface area contributed by atoms with Gasteiger partial charge in [0.15, 0.2) is 5.96 Å². The number of guanidine groups is 1. The molecule has 2 aromatic carbocycles. The van der Waals surface area contributed by atoms with Gasteiger partial charge in [-0.05, 0) is 29.7 Å². The summed E-state index contributed by atoms with van der Waals surface area (Å²) in [6.45, 7) is 2.69. The van der Waals surface area contributed by atoms with Crippen LogP contribution < -0.4 is 10.6 Å². The van der Waals surface area contributed by atoms with Crippen LogP contribution in [0.1, 0.15) is 17.5 Å². The minimum Gasteiger partial charge on any atom is -0.356 e. The molecule has 2 aromatic rings. The van der Waals surface area contributed by atoms with Gasteiger partial charge in [0.05, 0.1) is 0 Å². The maximum atomic E-state index is 13.3. The van der Waals surface area contributed by atoms with Crippen molar-refractivity contribution < 1.29 is 9.18 Å². The average Bonchev–Trinajstić information content (AvgIpc) is 3.07. The van der Waals surface area contributed by atoms with Gasteiger partial charge in [-0.25, -0.2) is 4.39 Å². The number of likely N-dealkylation sites (tertiary alicyclic amines) is 1. The van der Waals surface area contributed by atoms with Gasteiger partial charge in [0.2, 0.25) is 5.91 Å². The van der Waals surface area contributed by atoms with Crippen LogP contribution in [0.3, 0.4) is 0 Å². The van der Waals surface area contributed by atoms with Gasteiger partial charge in [0.25, 0.3) is 0 Å². The molecule has 1 amide bonds. The molecule has 148 valence electrons. The third kappa shape index (κ3) is 5.81. The molecule has 1 heterocycles. The Bertz CT molecular complexity index is 809. The Hall–Kier alpha value is -2.89. The monoisotopic (exact) mass is 382 g/mol.